The number of aromatic nitrogens is 3. The predicted octanol–water partition coefficient (Wildman–Crippen LogP) is 5.00. The number of rotatable bonds is 7. The van der Waals surface area contributed by atoms with Crippen LogP contribution in [0.3, 0.4) is 0 Å². The van der Waals surface area contributed by atoms with E-state index in [2.05, 4.69) is 33.7 Å². The summed E-state index contributed by atoms with van der Waals surface area (Å²) >= 11 is 0. The van der Waals surface area contributed by atoms with E-state index in [1.807, 2.05) is 12.2 Å². The maximum absolute atomic E-state index is 13.0. The summed E-state index contributed by atoms with van der Waals surface area (Å²) in [7, 11) is 0. The average Bonchev–Trinajstić information content (AvgIpc) is 3.80. The smallest absolute Gasteiger partial charge is 0.255 e. The van der Waals surface area contributed by atoms with Gasteiger partial charge in [-0.05, 0) is 73.9 Å². The molecule has 1 unspecified atom stereocenters. The Kier molecular flexibility index (Phi) is 5.52. The maximum Gasteiger partial charge on any atom is 0.255 e. The van der Waals surface area contributed by atoms with Crippen molar-refractivity contribution < 1.29 is 14.3 Å². The monoisotopic (exact) mass is 494 g/mol. The molecule has 3 aliphatic rings. The molecule has 2 saturated carbocycles. The quantitative estimate of drug-likeness (QED) is 0.476. The number of nitrogens with zero attached hydrogens (tertiary/aromatic N) is 4. The van der Waals surface area contributed by atoms with Crippen molar-refractivity contribution in [1.82, 2.24) is 14.6 Å². The first kappa shape index (κ1) is 23.0. The minimum atomic E-state index is -0.378. The lowest BCUT2D eigenvalue weighted by Crippen LogP contribution is -2.18. The Morgan fingerprint density at radius 1 is 1.16 bits per heavy atom. The number of hydrogen-bond acceptors (Lipinski definition) is 6. The highest BCUT2D eigenvalue weighted by Crippen LogP contribution is 2.54. The number of carbonyl (C=O) groups excluding carboxylic acids is 2. The van der Waals surface area contributed by atoms with Gasteiger partial charge in [-0.25, -0.2) is 4.52 Å². The Hall–Kier alpha value is -4.45. The molecule has 0 aliphatic heterocycles. The van der Waals surface area contributed by atoms with Crippen LogP contribution in [0, 0.1) is 28.6 Å². The predicted molar refractivity (Wildman–Crippen MR) is 137 cm³/mol. The normalized spacial score (nSPS) is 19.8. The van der Waals surface area contributed by atoms with E-state index in [1.165, 1.54) is 0 Å². The Bertz CT molecular complexity index is 1520. The molecule has 2 aromatic heterocycles. The molecule has 186 valence electrons. The number of nitrogens with one attached hydrogen (secondary N) is 2. The van der Waals surface area contributed by atoms with Crippen molar-refractivity contribution in [2.24, 2.45) is 17.3 Å². The van der Waals surface area contributed by atoms with Gasteiger partial charge in [0, 0.05) is 23.2 Å². The van der Waals surface area contributed by atoms with Crippen LogP contribution in [0.5, 0.6) is 11.5 Å². The highest BCUT2D eigenvalue weighted by atomic mass is 16.5. The van der Waals surface area contributed by atoms with E-state index < -0.39 is 0 Å². The number of allylic oxidation sites excluding steroid dienone is 2. The minimum absolute atomic E-state index is 0.0477. The zero-order chi connectivity index (χ0) is 25.6. The standard InChI is InChI=1S/C28H26N6O3/c1-17-11-19(13-20(12-17)28(16-29)9-10-28)26(36)30-21-3-2-4-22(14-21)37-23-7-8-24-31-27(33-34(24)15-23)32-25(35)18-5-6-18/h2-4,7-8,11,13-15,17-18H,5-6,9-10,12H2,1H3,(H,30,36)(H,32,33,35). The van der Waals surface area contributed by atoms with Crippen LogP contribution in [-0.4, -0.2) is 26.4 Å². The lowest BCUT2D eigenvalue weighted by atomic mass is 9.83. The molecule has 0 radical (unpaired) electrons. The van der Waals surface area contributed by atoms with Gasteiger partial charge in [-0.2, -0.15) is 10.2 Å². The lowest BCUT2D eigenvalue weighted by Gasteiger charge is -2.21. The maximum atomic E-state index is 13.0. The molecule has 9 heteroatoms. The number of anilines is 2. The van der Waals surface area contributed by atoms with Crippen molar-refractivity contribution >= 4 is 29.1 Å². The third-order valence-corrected chi connectivity index (χ3v) is 6.99. The van der Waals surface area contributed by atoms with Crippen LogP contribution in [0.1, 0.15) is 39.0 Å². The summed E-state index contributed by atoms with van der Waals surface area (Å²) in [6, 6.07) is 13.1. The van der Waals surface area contributed by atoms with Gasteiger partial charge in [-0.1, -0.05) is 19.1 Å². The fourth-order valence-corrected chi connectivity index (χ4v) is 4.62. The third-order valence-electron chi connectivity index (χ3n) is 6.99. The van der Waals surface area contributed by atoms with E-state index in [1.54, 1.807) is 47.1 Å². The molecular weight excluding hydrogens is 468 g/mol. The van der Waals surface area contributed by atoms with E-state index in [-0.39, 0.29) is 35.0 Å². The summed E-state index contributed by atoms with van der Waals surface area (Å²) in [5.41, 5.74) is 2.46. The van der Waals surface area contributed by atoms with Crippen LogP contribution >= 0.6 is 0 Å². The van der Waals surface area contributed by atoms with Crippen molar-refractivity contribution in [2.45, 2.75) is 39.0 Å². The van der Waals surface area contributed by atoms with Gasteiger partial charge in [0.05, 0.1) is 17.7 Å². The fraction of sp³-hybridized carbons (Fsp3) is 0.321. The number of nitriles is 1. The topological polar surface area (TPSA) is 121 Å². The molecule has 1 atom stereocenters. The number of ether oxygens (including phenoxy) is 1. The molecule has 1 aromatic carbocycles. The SMILES string of the molecule is CC1C=C(C(=O)Nc2cccc(Oc3ccc4nc(NC(=O)C5CC5)nn4c3)c2)C=C(C2(C#N)CC2)C1. The van der Waals surface area contributed by atoms with Crippen LogP contribution in [0.2, 0.25) is 0 Å². The second-order valence-corrected chi connectivity index (χ2v) is 10.1. The van der Waals surface area contributed by atoms with E-state index in [0.717, 1.165) is 37.7 Å². The molecule has 6 rings (SSSR count). The summed E-state index contributed by atoms with van der Waals surface area (Å²) in [5.74, 6) is 1.36. The number of fused-ring (bicyclic) bond motifs is 1. The summed E-state index contributed by atoms with van der Waals surface area (Å²) < 4.78 is 7.56. The van der Waals surface area contributed by atoms with E-state index >= 15 is 0 Å². The van der Waals surface area contributed by atoms with Crippen molar-refractivity contribution in [3.63, 3.8) is 0 Å². The molecule has 2 amide bonds. The van der Waals surface area contributed by atoms with Crippen LogP contribution in [0.4, 0.5) is 11.6 Å². The molecular formula is C28H26N6O3. The number of hydrogen-bond donors (Lipinski definition) is 2. The van der Waals surface area contributed by atoms with Crippen molar-refractivity contribution in [1.29, 1.82) is 5.26 Å². The number of carbonyl (C=O) groups is 2. The van der Waals surface area contributed by atoms with Gasteiger partial charge in [0.25, 0.3) is 5.91 Å². The highest BCUT2D eigenvalue weighted by Gasteiger charge is 2.47. The fourth-order valence-electron chi connectivity index (χ4n) is 4.62. The Morgan fingerprint density at radius 2 is 2.00 bits per heavy atom. The summed E-state index contributed by atoms with van der Waals surface area (Å²) in [5, 5.41) is 19.6. The average molecular weight is 495 g/mol. The molecule has 2 heterocycles. The van der Waals surface area contributed by atoms with E-state index in [9.17, 15) is 14.9 Å². The van der Waals surface area contributed by atoms with Gasteiger partial charge in [-0.15, -0.1) is 5.10 Å². The third kappa shape index (κ3) is 4.83. The molecule has 9 nitrogen and oxygen atoms in total. The Morgan fingerprint density at radius 3 is 2.76 bits per heavy atom. The number of benzene rings is 1. The van der Waals surface area contributed by atoms with Crippen molar-refractivity contribution in [3.8, 4) is 17.6 Å². The highest BCUT2D eigenvalue weighted by molar-refractivity contribution is 6.06. The molecule has 2 N–H and O–H groups in total. The van der Waals surface area contributed by atoms with Gasteiger partial charge in [0.15, 0.2) is 5.65 Å². The second-order valence-electron chi connectivity index (χ2n) is 10.1. The zero-order valence-electron chi connectivity index (χ0n) is 20.4. The van der Waals surface area contributed by atoms with Crippen LogP contribution in [0.15, 0.2) is 65.9 Å². The summed E-state index contributed by atoms with van der Waals surface area (Å²) in [4.78, 5) is 29.4. The van der Waals surface area contributed by atoms with Crippen LogP contribution in [0.25, 0.3) is 5.65 Å². The first-order valence-corrected chi connectivity index (χ1v) is 12.5. The molecule has 37 heavy (non-hydrogen) atoms. The minimum Gasteiger partial charge on any atom is -0.456 e. The van der Waals surface area contributed by atoms with Crippen molar-refractivity contribution in [3.05, 3.63) is 65.9 Å². The molecule has 3 aromatic rings. The van der Waals surface area contributed by atoms with Gasteiger partial charge < -0.3 is 10.1 Å². The first-order valence-electron chi connectivity index (χ1n) is 12.5. The van der Waals surface area contributed by atoms with Gasteiger partial charge in [0.2, 0.25) is 11.9 Å². The van der Waals surface area contributed by atoms with Gasteiger partial charge in [0.1, 0.15) is 11.5 Å². The van der Waals surface area contributed by atoms with Gasteiger partial charge in [-0.3, -0.25) is 14.9 Å². The second kappa shape index (κ2) is 8.89. The van der Waals surface area contributed by atoms with E-state index in [4.69, 9.17) is 4.74 Å². The van der Waals surface area contributed by atoms with Crippen molar-refractivity contribution in [2.75, 3.05) is 10.6 Å². The first-order chi connectivity index (χ1) is 17.9. The zero-order valence-corrected chi connectivity index (χ0v) is 20.4. The van der Waals surface area contributed by atoms with Crippen LogP contribution < -0.4 is 15.4 Å². The summed E-state index contributed by atoms with van der Waals surface area (Å²) in [6.45, 7) is 2.07. The van der Waals surface area contributed by atoms with E-state index in [0.29, 0.717) is 28.4 Å². The summed E-state index contributed by atoms with van der Waals surface area (Å²) in [6.07, 6.45) is 9.91. The molecule has 3 aliphatic carbocycles. The molecule has 0 bridgehead atoms. The Balaban J connectivity index is 1.14. The Labute approximate surface area is 213 Å². The lowest BCUT2D eigenvalue weighted by molar-refractivity contribution is -0.117. The number of pyridine rings is 1. The van der Waals surface area contributed by atoms with Gasteiger partial charge >= 0.3 is 0 Å². The number of amides is 2. The molecule has 0 saturated heterocycles. The van der Waals surface area contributed by atoms with Crippen LogP contribution in [-0.2, 0) is 9.59 Å². The largest absolute Gasteiger partial charge is 0.456 e. The molecule has 2 fully saturated rings. The molecule has 0 spiro atoms.